The molecule has 4 heterocycles. The molecule has 2 unspecified atom stereocenters. The Morgan fingerprint density at radius 3 is 2.83 bits per heavy atom. The highest BCUT2D eigenvalue weighted by Crippen LogP contribution is 2.30. The van der Waals surface area contributed by atoms with Gasteiger partial charge in [-0.2, -0.15) is 5.10 Å². The number of phenolic OH excluding ortho intramolecular Hbond substituents is 1. The molecule has 7 nitrogen and oxygen atoms in total. The molecular weight excluding hydrogens is 366 g/mol. The van der Waals surface area contributed by atoms with Crippen molar-refractivity contribution in [1.82, 2.24) is 25.0 Å². The number of nitrogens with zero attached hydrogens (tertiary/aromatic N) is 4. The van der Waals surface area contributed by atoms with Crippen LogP contribution in [0, 0.1) is 6.92 Å². The van der Waals surface area contributed by atoms with Gasteiger partial charge in [-0.1, -0.05) is 0 Å². The van der Waals surface area contributed by atoms with Crippen molar-refractivity contribution in [2.45, 2.75) is 38.8 Å². The van der Waals surface area contributed by atoms with Crippen molar-refractivity contribution in [3.05, 3.63) is 41.6 Å². The molecule has 2 atom stereocenters. The molecule has 2 fully saturated rings. The van der Waals surface area contributed by atoms with Crippen molar-refractivity contribution >= 4 is 16.9 Å². The van der Waals surface area contributed by atoms with E-state index in [1.165, 1.54) is 6.42 Å². The number of rotatable bonds is 2. The molecule has 0 spiro atoms. The van der Waals surface area contributed by atoms with Gasteiger partial charge in [0.15, 0.2) is 5.65 Å². The lowest BCUT2D eigenvalue weighted by molar-refractivity contribution is 0.0397. The molecule has 0 saturated carbocycles. The van der Waals surface area contributed by atoms with E-state index in [1.807, 2.05) is 17.9 Å². The van der Waals surface area contributed by atoms with Crippen LogP contribution in [0.4, 0.5) is 0 Å². The first kappa shape index (κ1) is 18.1. The average molecular weight is 391 g/mol. The largest absolute Gasteiger partial charge is 0.508 e. The van der Waals surface area contributed by atoms with Crippen LogP contribution in [0.1, 0.15) is 35.8 Å². The van der Waals surface area contributed by atoms with Gasteiger partial charge in [0.05, 0.1) is 22.3 Å². The molecule has 1 aromatic carbocycles. The molecular formula is C22H25N5O2. The summed E-state index contributed by atoms with van der Waals surface area (Å²) in [6.45, 7) is 6.88. The number of carbonyl (C=O) groups is 1. The fraction of sp³-hybridized carbons (Fsp3) is 0.409. The first-order chi connectivity index (χ1) is 14.0. The molecule has 3 aromatic rings. The number of aryl methyl sites for hydroxylation is 1. The summed E-state index contributed by atoms with van der Waals surface area (Å²) in [4.78, 5) is 22.9. The molecule has 1 amide bonds. The van der Waals surface area contributed by atoms with Gasteiger partial charge in [-0.15, -0.1) is 0 Å². The second kappa shape index (κ2) is 6.84. The van der Waals surface area contributed by atoms with Crippen molar-refractivity contribution in [3.8, 4) is 17.0 Å². The Labute approximate surface area is 169 Å². The zero-order valence-electron chi connectivity index (χ0n) is 16.7. The number of aromatic hydroxyl groups is 1. The van der Waals surface area contributed by atoms with Crippen molar-refractivity contribution in [2.75, 3.05) is 19.6 Å². The van der Waals surface area contributed by atoms with E-state index in [1.54, 1.807) is 24.3 Å². The van der Waals surface area contributed by atoms with E-state index < -0.39 is 0 Å². The highest BCUT2D eigenvalue weighted by molar-refractivity contribution is 6.07. The minimum absolute atomic E-state index is 0.0426. The monoisotopic (exact) mass is 391 g/mol. The third-order valence-corrected chi connectivity index (χ3v) is 6.30. The van der Waals surface area contributed by atoms with Crippen LogP contribution >= 0.6 is 0 Å². The summed E-state index contributed by atoms with van der Waals surface area (Å²) in [6, 6.07) is 9.37. The van der Waals surface area contributed by atoms with E-state index in [0.717, 1.165) is 42.7 Å². The van der Waals surface area contributed by atoms with Crippen molar-refractivity contribution in [2.24, 2.45) is 0 Å². The summed E-state index contributed by atoms with van der Waals surface area (Å²) < 4.78 is 0. The summed E-state index contributed by atoms with van der Waals surface area (Å²) >= 11 is 0. The van der Waals surface area contributed by atoms with Gasteiger partial charge in [0, 0.05) is 30.7 Å². The maximum atomic E-state index is 13.7. The lowest BCUT2D eigenvalue weighted by Gasteiger charge is -2.42. The maximum Gasteiger partial charge on any atom is 0.255 e. The van der Waals surface area contributed by atoms with Crippen molar-refractivity contribution in [3.63, 3.8) is 0 Å². The topological polar surface area (TPSA) is 85.3 Å². The highest BCUT2D eigenvalue weighted by atomic mass is 16.3. The smallest absolute Gasteiger partial charge is 0.255 e. The lowest BCUT2D eigenvalue weighted by atomic mass is 10.0. The van der Waals surface area contributed by atoms with Gasteiger partial charge in [-0.3, -0.25) is 14.8 Å². The zero-order chi connectivity index (χ0) is 20.1. The Kier molecular flexibility index (Phi) is 4.28. The van der Waals surface area contributed by atoms with Crippen LogP contribution in [0.15, 0.2) is 30.3 Å². The maximum absolute atomic E-state index is 13.7. The highest BCUT2D eigenvalue weighted by Gasteiger charge is 2.37. The average Bonchev–Trinajstić information content (AvgIpc) is 3.33. The fourth-order valence-corrected chi connectivity index (χ4v) is 4.76. The number of phenols is 1. The fourth-order valence-electron chi connectivity index (χ4n) is 4.76. The second-order valence-electron chi connectivity index (χ2n) is 8.23. The number of carbonyl (C=O) groups excluding carboxylic acids is 1. The van der Waals surface area contributed by atoms with Gasteiger partial charge in [-0.05, 0) is 63.6 Å². The normalized spacial score (nSPS) is 22.2. The zero-order valence-corrected chi connectivity index (χ0v) is 16.7. The summed E-state index contributed by atoms with van der Waals surface area (Å²) in [5.74, 6) is 0.243. The van der Waals surface area contributed by atoms with Gasteiger partial charge in [-0.25, -0.2) is 4.98 Å². The number of benzene rings is 1. The molecule has 0 bridgehead atoms. The van der Waals surface area contributed by atoms with Gasteiger partial charge in [0.1, 0.15) is 5.75 Å². The van der Waals surface area contributed by atoms with Crippen LogP contribution < -0.4 is 0 Å². The molecule has 150 valence electrons. The third kappa shape index (κ3) is 3.06. The standard InChI is InChI=1S/C22H25N5O2/c1-13-11-26-9-3-4-16(26)12-27(13)22(29)18-10-19(15-5-7-17(28)8-6-15)23-21-20(18)14(2)24-25-21/h5-8,10,13,16,28H,3-4,9,11-12H2,1-2H3,(H,23,24,25). The molecule has 2 N–H and O–H groups in total. The molecule has 2 aliphatic rings. The second-order valence-corrected chi connectivity index (χ2v) is 8.23. The number of nitrogens with one attached hydrogen (secondary N) is 1. The van der Waals surface area contributed by atoms with E-state index in [0.29, 0.717) is 22.9 Å². The summed E-state index contributed by atoms with van der Waals surface area (Å²) in [5, 5.41) is 17.6. The van der Waals surface area contributed by atoms with Crippen molar-refractivity contribution in [1.29, 1.82) is 0 Å². The molecule has 2 saturated heterocycles. The van der Waals surface area contributed by atoms with E-state index >= 15 is 0 Å². The summed E-state index contributed by atoms with van der Waals surface area (Å²) in [6.07, 6.45) is 2.37. The van der Waals surface area contributed by atoms with Crippen LogP contribution in [0.5, 0.6) is 5.75 Å². The van der Waals surface area contributed by atoms with E-state index in [4.69, 9.17) is 0 Å². The predicted octanol–water partition coefficient (Wildman–Crippen LogP) is 2.95. The Balaban J connectivity index is 1.58. The first-order valence-electron chi connectivity index (χ1n) is 10.2. The van der Waals surface area contributed by atoms with Crippen LogP contribution in [-0.4, -0.2) is 67.7 Å². The molecule has 2 aliphatic heterocycles. The molecule has 5 rings (SSSR count). The number of piperazine rings is 1. The number of amides is 1. The number of hydrogen-bond acceptors (Lipinski definition) is 5. The van der Waals surface area contributed by atoms with E-state index in [2.05, 4.69) is 27.0 Å². The van der Waals surface area contributed by atoms with Crippen LogP contribution in [0.25, 0.3) is 22.3 Å². The van der Waals surface area contributed by atoms with Gasteiger partial charge < -0.3 is 10.0 Å². The van der Waals surface area contributed by atoms with Crippen LogP contribution in [0.2, 0.25) is 0 Å². The summed E-state index contributed by atoms with van der Waals surface area (Å²) in [7, 11) is 0. The first-order valence-corrected chi connectivity index (χ1v) is 10.2. The minimum atomic E-state index is 0.0426. The molecule has 2 aromatic heterocycles. The number of H-pyrrole nitrogens is 1. The third-order valence-electron chi connectivity index (χ3n) is 6.30. The minimum Gasteiger partial charge on any atom is -0.508 e. The Morgan fingerprint density at radius 2 is 2.03 bits per heavy atom. The van der Waals surface area contributed by atoms with E-state index in [9.17, 15) is 9.90 Å². The SMILES string of the molecule is Cc1n[nH]c2nc(-c3ccc(O)cc3)cc(C(=O)N3CC4CCCN4CC3C)c12. The Bertz CT molecular complexity index is 1070. The van der Waals surface area contributed by atoms with Gasteiger partial charge in [0.25, 0.3) is 5.91 Å². The molecule has 0 aliphatic carbocycles. The van der Waals surface area contributed by atoms with Gasteiger partial charge in [0.2, 0.25) is 0 Å². The summed E-state index contributed by atoms with van der Waals surface area (Å²) in [5.41, 5.74) is 3.57. The number of hydrogen-bond donors (Lipinski definition) is 2. The Hall–Kier alpha value is -2.93. The van der Waals surface area contributed by atoms with Crippen molar-refractivity contribution < 1.29 is 9.90 Å². The number of aromatic amines is 1. The van der Waals surface area contributed by atoms with E-state index in [-0.39, 0.29) is 17.7 Å². The molecule has 7 heteroatoms. The predicted molar refractivity (Wildman–Crippen MR) is 111 cm³/mol. The Morgan fingerprint density at radius 1 is 1.24 bits per heavy atom. The van der Waals surface area contributed by atoms with Gasteiger partial charge >= 0.3 is 0 Å². The number of pyridine rings is 1. The lowest BCUT2D eigenvalue weighted by Crippen LogP contribution is -2.56. The van der Waals surface area contributed by atoms with Crippen LogP contribution in [0.3, 0.4) is 0 Å². The quantitative estimate of drug-likeness (QED) is 0.702. The molecule has 0 radical (unpaired) electrons. The number of aromatic nitrogens is 3. The molecule has 29 heavy (non-hydrogen) atoms. The number of fused-ring (bicyclic) bond motifs is 2. The van der Waals surface area contributed by atoms with Crippen LogP contribution in [-0.2, 0) is 0 Å².